The average Bonchev–Trinajstić information content (AvgIpc) is 3.09. The molecule has 28 heavy (non-hydrogen) atoms. The largest absolute Gasteiger partial charge is 0.366 e. The Morgan fingerprint density at radius 1 is 1.07 bits per heavy atom. The van der Waals surface area contributed by atoms with E-state index in [0.29, 0.717) is 11.4 Å². The maximum atomic E-state index is 12.7. The van der Waals surface area contributed by atoms with Gasteiger partial charge in [-0.15, -0.1) is 5.10 Å². The maximum absolute atomic E-state index is 12.7. The Labute approximate surface area is 160 Å². The summed E-state index contributed by atoms with van der Waals surface area (Å²) in [4.78, 5) is 28.5. The molecule has 0 saturated heterocycles. The Kier molecular flexibility index (Phi) is 4.29. The van der Waals surface area contributed by atoms with Crippen molar-refractivity contribution in [1.82, 2.24) is 20.0 Å². The Bertz CT molecular complexity index is 1210. The van der Waals surface area contributed by atoms with E-state index in [1.54, 1.807) is 42.1 Å². The van der Waals surface area contributed by atoms with Crippen LogP contribution in [0.2, 0.25) is 0 Å². The highest BCUT2D eigenvalue weighted by atomic mass is 16.2. The average molecular weight is 372 g/mol. The van der Waals surface area contributed by atoms with Crippen LogP contribution < -0.4 is 11.1 Å². The molecule has 3 N–H and O–H groups in total. The third-order valence-corrected chi connectivity index (χ3v) is 4.38. The number of pyridine rings is 1. The second kappa shape index (κ2) is 6.92. The SMILES string of the molecule is Cc1c(C(=O)Nc2ccccc2C(N)=O)nnn1-c1ccc2ncccc2c1. The standard InChI is InChI=1S/C20H16N6O2/c1-12-18(20(28)23-17-7-3-2-6-15(17)19(21)27)24-25-26(12)14-8-9-16-13(11-14)5-4-10-22-16/h2-11H,1H3,(H2,21,27)(H,23,28). The summed E-state index contributed by atoms with van der Waals surface area (Å²) in [6.45, 7) is 1.75. The molecule has 4 aromatic rings. The number of benzene rings is 2. The molecule has 8 nitrogen and oxygen atoms in total. The molecule has 0 bridgehead atoms. The molecule has 0 aliphatic carbocycles. The fourth-order valence-corrected chi connectivity index (χ4v) is 2.97. The van der Waals surface area contributed by atoms with Gasteiger partial charge in [-0.1, -0.05) is 23.4 Å². The second-order valence-corrected chi connectivity index (χ2v) is 6.18. The number of carbonyl (C=O) groups excluding carboxylic acids is 2. The number of rotatable bonds is 4. The van der Waals surface area contributed by atoms with Gasteiger partial charge >= 0.3 is 0 Å². The van der Waals surface area contributed by atoms with Gasteiger partial charge in [-0.05, 0) is 43.3 Å². The van der Waals surface area contributed by atoms with E-state index in [-0.39, 0.29) is 11.3 Å². The van der Waals surface area contributed by atoms with E-state index in [0.717, 1.165) is 16.6 Å². The van der Waals surface area contributed by atoms with Gasteiger partial charge < -0.3 is 11.1 Å². The lowest BCUT2D eigenvalue weighted by Gasteiger charge is -2.08. The van der Waals surface area contributed by atoms with E-state index >= 15 is 0 Å². The topological polar surface area (TPSA) is 116 Å². The number of carbonyl (C=O) groups is 2. The van der Waals surface area contributed by atoms with E-state index in [1.165, 1.54) is 0 Å². The van der Waals surface area contributed by atoms with E-state index in [2.05, 4.69) is 20.6 Å². The van der Waals surface area contributed by atoms with E-state index < -0.39 is 11.8 Å². The minimum absolute atomic E-state index is 0.158. The zero-order valence-corrected chi connectivity index (χ0v) is 15.0. The van der Waals surface area contributed by atoms with Gasteiger partial charge in [0.1, 0.15) is 0 Å². The molecule has 138 valence electrons. The van der Waals surface area contributed by atoms with Crippen LogP contribution in [0.3, 0.4) is 0 Å². The minimum Gasteiger partial charge on any atom is -0.366 e. The fourth-order valence-electron chi connectivity index (χ4n) is 2.97. The van der Waals surface area contributed by atoms with Crippen molar-refractivity contribution in [3.8, 4) is 5.69 Å². The number of nitrogens with zero attached hydrogens (tertiary/aromatic N) is 4. The van der Waals surface area contributed by atoms with E-state index in [9.17, 15) is 9.59 Å². The molecule has 0 radical (unpaired) electrons. The summed E-state index contributed by atoms with van der Waals surface area (Å²) in [5, 5.41) is 11.8. The lowest BCUT2D eigenvalue weighted by atomic mass is 10.1. The van der Waals surface area contributed by atoms with Crippen LogP contribution in [-0.4, -0.2) is 31.8 Å². The Balaban J connectivity index is 1.66. The highest BCUT2D eigenvalue weighted by Crippen LogP contribution is 2.20. The first-order valence-electron chi connectivity index (χ1n) is 8.52. The van der Waals surface area contributed by atoms with Crippen LogP contribution in [0.1, 0.15) is 26.5 Å². The van der Waals surface area contributed by atoms with Gasteiger partial charge in [0.15, 0.2) is 5.69 Å². The maximum Gasteiger partial charge on any atom is 0.278 e. The molecule has 2 aromatic carbocycles. The van der Waals surface area contributed by atoms with Crippen LogP contribution in [0.4, 0.5) is 5.69 Å². The quantitative estimate of drug-likeness (QED) is 0.571. The van der Waals surface area contributed by atoms with Gasteiger partial charge in [-0.2, -0.15) is 0 Å². The number of amides is 2. The summed E-state index contributed by atoms with van der Waals surface area (Å²) >= 11 is 0. The van der Waals surface area contributed by atoms with Gasteiger partial charge in [-0.25, -0.2) is 4.68 Å². The Morgan fingerprint density at radius 3 is 2.71 bits per heavy atom. The number of anilines is 1. The molecule has 0 aliphatic heterocycles. The van der Waals surface area contributed by atoms with E-state index in [1.807, 2.05) is 30.3 Å². The molecule has 0 fully saturated rings. The molecule has 0 atom stereocenters. The fraction of sp³-hybridized carbons (Fsp3) is 0.0500. The lowest BCUT2D eigenvalue weighted by Crippen LogP contribution is -2.19. The monoisotopic (exact) mass is 372 g/mol. The summed E-state index contributed by atoms with van der Waals surface area (Å²) < 4.78 is 1.58. The van der Waals surface area contributed by atoms with Crippen LogP contribution in [0.15, 0.2) is 60.8 Å². The molecule has 0 spiro atoms. The number of hydrogen-bond acceptors (Lipinski definition) is 5. The van der Waals surface area contributed by atoms with Crippen molar-refractivity contribution in [2.75, 3.05) is 5.32 Å². The zero-order valence-electron chi connectivity index (χ0n) is 15.0. The van der Waals surface area contributed by atoms with Gasteiger partial charge in [0.05, 0.1) is 28.1 Å². The lowest BCUT2D eigenvalue weighted by molar-refractivity contribution is 0.100. The third-order valence-electron chi connectivity index (χ3n) is 4.38. The van der Waals surface area contributed by atoms with Crippen LogP contribution in [0.25, 0.3) is 16.6 Å². The summed E-state index contributed by atoms with van der Waals surface area (Å²) in [7, 11) is 0. The Morgan fingerprint density at radius 2 is 1.89 bits per heavy atom. The summed E-state index contributed by atoms with van der Waals surface area (Å²) in [5.74, 6) is -1.10. The smallest absolute Gasteiger partial charge is 0.278 e. The van der Waals surface area contributed by atoms with Gasteiger partial charge in [0.2, 0.25) is 0 Å². The molecule has 8 heteroatoms. The predicted molar refractivity (Wildman–Crippen MR) is 104 cm³/mol. The molecule has 2 aromatic heterocycles. The highest BCUT2D eigenvalue weighted by molar-refractivity contribution is 6.08. The minimum atomic E-state index is -0.624. The number of primary amides is 1. The van der Waals surface area contributed by atoms with Crippen LogP contribution in [-0.2, 0) is 0 Å². The van der Waals surface area contributed by atoms with Crippen molar-refractivity contribution in [2.24, 2.45) is 5.73 Å². The molecule has 4 rings (SSSR count). The predicted octanol–water partition coefficient (Wildman–Crippen LogP) is 2.48. The summed E-state index contributed by atoms with van der Waals surface area (Å²) in [6, 6.07) is 16.0. The first-order valence-corrected chi connectivity index (χ1v) is 8.52. The molecule has 0 unspecified atom stereocenters. The Hall–Kier alpha value is -4.07. The first-order chi connectivity index (χ1) is 13.5. The second-order valence-electron chi connectivity index (χ2n) is 6.18. The van der Waals surface area contributed by atoms with Gasteiger partial charge in [-0.3, -0.25) is 14.6 Å². The summed E-state index contributed by atoms with van der Waals surface area (Å²) in [5.41, 5.74) is 8.26. The molecular formula is C20H16N6O2. The summed E-state index contributed by atoms with van der Waals surface area (Å²) in [6.07, 6.45) is 1.73. The van der Waals surface area contributed by atoms with Crippen LogP contribution in [0.5, 0.6) is 0 Å². The number of aromatic nitrogens is 4. The molecule has 2 amide bonds. The number of para-hydroxylation sites is 1. The van der Waals surface area contributed by atoms with Crippen LogP contribution in [0, 0.1) is 6.92 Å². The number of nitrogens with one attached hydrogen (secondary N) is 1. The molecule has 0 aliphatic rings. The highest BCUT2D eigenvalue weighted by Gasteiger charge is 2.19. The molecule has 2 heterocycles. The van der Waals surface area contributed by atoms with Crippen molar-refractivity contribution >= 4 is 28.4 Å². The molecule has 0 saturated carbocycles. The van der Waals surface area contributed by atoms with Crippen LogP contribution >= 0.6 is 0 Å². The van der Waals surface area contributed by atoms with Crippen molar-refractivity contribution in [3.63, 3.8) is 0 Å². The number of nitrogens with two attached hydrogens (primary N) is 1. The van der Waals surface area contributed by atoms with E-state index in [4.69, 9.17) is 5.73 Å². The zero-order chi connectivity index (χ0) is 19.7. The van der Waals surface area contributed by atoms with Gasteiger partial charge in [0.25, 0.3) is 11.8 Å². The molecular weight excluding hydrogens is 356 g/mol. The number of fused-ring (bicyclic) bond motifs is 1. The van der Waals surface area contributed by atoms with Crippen molar-refractivity contribution in [1.29, 1.82) is 0 Å². The number of hydrogen-bond donors (Lipinski definition) is 2. The van der Waals surface area contributed by atoms with Gasteiger partial charge in [0, 0.05) is 11.6 Å². The normalized spacial score (nSPS) is 10.8. The van der Waals surface area contributed by atoms with Crippen molar-refractivity contribution < 1.29 is 9.59 Å². The first kappa shape index (κ1) is 17.3. The third kappa shape index (κ3) is 3.07. The van der Waals surface area contributed by atoms with Crippen molar-refractivity contribution in [2.45, 2.75) is 6.92 Å². The van der Waals surface area contributed by atoms with Crippen molar-refractivity contribution in [3.05, 3.63) is 77.7 Å².